The fourth-order valence-electron chi connectivity index (χ4n) is 5.26. The van der Waals surface area contributed by atoms with Gasteiger partial charge in [-0.15, -0.1) is 5.10 Å². The summed E-state index contributed by atoms with van der Waals surface area (Å²) < 4.78 is 7.21. The number of hydrogen-bond donors (Lipinski definition) is 1. The van der Waals surface area contributed by atoms with Crippen molar-refractivity contribution in [2.75, 3.05) is 41.3 Å². The van der Waals surface area contributed by atoms with E-state index >= 15 is 0 Å². The monoisotopic (exact) mass is 647 g/mol. The molecule has 4 amide bonds. The van der Waals surface area contributed by atoms with Crippen molar-refractivity contribution in [3.63, 3.8) is 0 Å². The maximum atomic E-state index is 13.7. The molecular formula is C31H34ClN9O5. The molecule has 14 nitrogen and oxygen atoms in total. The number of nitriles is 1. The first-order chi connectivity index (χ1) is 21.9. The summed E-state index contributed by atoms with van der Waals surface area (Å²) in [7, 11) is 0. The summed E-state index contributed by atoms with van der Waals surface area (Å²) in [5.41, 5.74) is 0.988. The van der Waals surface area contributed by atoms with Gasteiger partial charge in [0.05, 0.1) is 28.8 Å². The highest BCUT2D eigenvalue weighted by atomic mass is 35.5. The normalized spacial score (nSPS) is 15.9. The fraction of sp³-hybridized carbons (Fsp3) is 0.419. The van der Waals surface area contributed by atoms with Crippen LogP contribution < -0.4 is 19.9 Å². The second-order valence-corrected chi connectivity index (χ2v) is 12.7. The van der Waals surface area contributed by atoms with Gasteiger partial charge in [-0.25, -0.2) is 4.79 Å². The lowest BCUT2D eigenvalue weighted by Gasteiger charge is -2.35. The number of rotatable bonds is 7. The van der Waals surface area contributed by atoms with E-state index in [0.29, 0.717) is 48.7 Å². The lowest BCUT2D eigenvalue weighted by atomic mass is 9.91. The Morgan fingerprint density at radius 1 is 1.02 bits per heavy atom. The Hall–Kier alpha value is -5.03. The summed E-state index contributed by atoms with van der Waals surface area (Å²) in [4.78, 5) is 57.8. The van der Waals surface area contributed by atoms with E-state index in [9.17, 15) is 24.4 Å². The van der Waals surface area contributed by atoms with Gasteiger partial charge in [-0.2, -0.15) is 9.94 Å². The highest BCUT2D eigenvalue weighted by Gasteiger charge is 2.38. The van der Waals surface area contributed by atoms with Crippen LogP contribution in [-0.2, 0) is 14.4 Å². The molecule has 240 valence electrons. The van der Waals surface area contributed by atoms with Crippen LogP contribution in [0.15, 0.2) is 42.7 Å². The van der Waals surface area contributed by atoms with Crippen molar-refractivity contribution in [1.82, 2.24) is 25.1 Å². The number of esters is 1. The molecule has 1 aromatic heterocycles. The van der Waals surface area contributed by atoms with Crippen LogP contribution >= 0.6 is 11.6 Å². The van der Waals surface area contributed by atoms with Gasteiger partial charge in [0.2, 0.25) is 0 Å². The highest BCUT2D eigenvalue weighted by Crippen LogP contribution is 2.39. The Kier molecular flexibility index (Phi) is 9.52. The van der Waals surface area contributed by atoms with Crippen LogP contribution in [0.25, 0.3) is 5.69 Å². The fourth-order valence-corrected chi connectivity index (χ4v) is 5.43. The Labute approximate surface area is 270 Å². The number of benzene rings is 2. The topological polar surface area (TPSA) is 167 Å². The minimum absolute atomic E-state index is 0.0339. The van der Waals surface area contributed by atoms with E-state index in [1.165, 1.54) is 20.8 Å². The SMILES string of the molecule is CC(C)(C)CCC(=O)Oc1c(NC(=O)N2CCC(C#N)CC2)cccc1N1CCN(c2cc(Cl)ccc2-n2cnnn2)C(=O)C1=O. The maximum Gasteiger partial charge on any atom is 0.321 e. The molecule has 15 heteroatoms. The average Bonchev–Trinajstić information content (AvgIpc) is 3.57. The smallest absolute Gasteiger partial charge is 0.321 e. The third kappa shape index (κ3) is 7.26. The number of aromatic nitrogens is 4. The number of amides is 4. The molecule has 0 aliphatic carbocycles. The van der Waals surface area contributed by atoms with E-state index in [2.05, 4.69) is 26.9 Å². The van der Waals surface area contributed by atoms with Crippen LogP contribution in [-0.4, -0.2) is 75.1 Å². The second kappa shape index (κ2) is 13.5. The number of carbonyl (C=O) groups excluding carboxylic acids is 4. The van der Waals surface area contributed by atoms with Gasteiger partial charge in [0.25, 0.3) is 0 Å². The molecule has 2 saturated heterocycles. The van der Waals surface area contributed by atoms with Gasteiger partial charge in [-0.3, -0.25) is 19.3 Å². The standard InChI is InChI=1S/C31H34ClN9O5/c1-31(2,3)12-9-26(42)46-27-22(35-30(45)38-13-10-20(18-33)11-14-38)5-4-6-24(27)39-15-16-40(29(44)28(39)43)25-17-21(32)7-8-23(25)41-19-34-36-37-41/h4-8,17,19-20H,9-16H2,1-3H3,(H,35,45). The Bertz CT molecular complexity index is 1670. The van der Waals surface area contributed by atoms with Crippen LogP contribution in [0.2, 0.25) is 5.02 Å². The molecule has 5 rings (SSSR count). The molecule has 0 atom stereocenters. The molecule has 0 saturated carbocycles. The molecule has 2 aromatic carbocycles. The van der Waals surface area contributed by atoms with Crippen LogP contribution in [0, 0.1) is 22.7 Å². The van der Waals surface area contributed by atoms with Gasteiger partial charge in [0.1, 0.15) is 6.33 Å². The van der Waals surface area contributed by atoms with Crippen molar-refractivity contribution in [1.29, 1.82) is 5.26 Å². The third-order valence-electron chi connectivity index (χ3n) is 7.83. The number of likely N-dealkylation sites (tertiary alicyclic amines) is 1. The zero-order valence-electron chi connectivity index (χ0n) is 25.8. The molecule has 1 N–H and O–H groups in total. The minimum Gasteiger partial charge on any atom is -0.422 e. The molecule has 3 heterocycles. The average molecular weight is 648 g/mol. The largest absolute Gasteiger partial charge is 0.422 e. The zero-order valence-corrected chi connectivity index (χ0v) is 26.5. The number of tetrazole rings is 1. The number of ether oxygens (including phenoxy) is 1. The predicted molar refractivity (Wildman–Crippen MR) is 169 cm³/mol. The van der Waals surface area contributed by atoms with Crippen LogP contribution in [0.4, 0.5) is 21.9 Å². The number of nitrogens with one attached hydrogen (secondary N) is 1. The predicted octanol–water partition coefficient (Wildman–Crippen LogP) is 4.19. The van der Waals surface area contributed by atoms with E-state index in [0.717, 1.165) is 0 Å². The Morgan fingerprint density at radius 3 is 2.35 bits per heavy atom. The van der Waals surface area contributed by atoms with E-state index in [1.54, 1.807) is 41.3 Å². The summed E-state index contributed by atoms with van der Waals surface area (Å²) in [5, 5.41) is 23.6. The molecule has 0 spiro atoms. The Morgan fingerprint density at radius 2 is 1.72 bits per heavy atom. The lowest BCUT2D eigenvalue weighted by molar-refractivity contribution is -0.137. The number of urea groups is 1. The summed E-state index contributed by atoms with van der Waals surface area (Å²) in [6.07, 6.45) is 3.12. The second-order valence-electron chi connectivity index (χ2n) is 12.3. The number of nitrogens with zero attached hydrogens (tertiary/aromatic N) is 8. The van der Waals surface area contributed by atoms with E-state index in [-0.39, 0.29) is 48.0 Å². The number of halogens is 1. The molecule has 2 aliphatic rings. The third-order valence-corrected chi connectivity index (χ3v) is 8.07. The summed E-state index contributed by atoms with van der Waals surface area (Å²) in [5.74, 6) is -2.40. The van der Waals surface area contributed by atoms with Gasteiger partial charge < -0.3 is 19.9 Å². The highest BCUT2D eigenvalue weighted by molar-refractivity contribution is 6.46. The van der Waals surface area contributed by atoms with Crippen LogP contribution in [0.1, 0.15) is 46.5 Å². The number of piperazine rings is 1. The number of piperidine rings is 1. The Balaban J connectivity index is 1.43. The zero-order chi connectivity index (χ0) is 33.0. The maximum absolute atomic E-state index is 13.7. The van der Waals surface area contributed by atoms with Crippen molar-refractivity contribution >= 4 is 52.5 Å². The first kappa shape index (κ1) is 32.4. The molecule has 0 bridgehead atoms. The lowest BCUT2D eigenvalue weighted by Crippen LogP contribution is -2.55. The number of hydrogen-bond acceptors (Lipinski definition) is 9. The van der Waals surface area contributed by atoms with Crippen molar-refractivity contribution in [2.24, 2.45) is 11.3 Å². The molecule has 2 aliphatic heterocycles. The minimum atomic E-state index is -0.872. The molecule has 46 heavy (non-hydrogen) atoms. The molecule has 0 unspecified atom stereocenters. The van der Waals surface area contributed by atoms with Gasteiger partial charge in [-0.1, -0.05) is 38.4 Å². The molecular weight excluding hydrogens is 614 g/mol. The van der Waals surface area contributed by atoms with E-state index in [4.69, 9.17) is 16.3 Å². The first-order valence-corrected chi connectivity index (χ1v) is 15.3. The van der Waals surface area contributed by atoms with Crippen LogP contribution in [0.3, 0.4) is 0 Å². The van der Waals surface area contributed by atoms with Crippen molar-refractivity contribution in [2.45, 2.75) is 46.5 Å². The molecule has 0 radical (unpaired) electrons. The van der Waals surface area contributed by atoms with Crippen molar-refractivity contribution < 1.29 is 23.9 Å². The number of carbonyl (C=O) groups is 4. The molecule has 3 aromatic rings. The van der Waals surface area contributed by atoms with Gasteiger partial charge in [-0.05, 0) is 65.4 Å². The quantitative estimate of drug-likeness (QED) is 0.225. The van der Waals surface area contributed by atoms with Gasteiger partial charge >= 0.3 is 23.8 Å². The number of para-hydroxylation sites is 1. The van der Waals surface area contributed by atoms with Crippen LogP contribution in [0.5, 0.6) is 5.75 Å². The van der Waals surface area contributed by atoms with Crippen molar-refractivity contribution in [3.8, 4) is 17.5 Å². The van der Waals surface area contributed by atoms with Crippen molar-refractivity contribution in [3.05, 3.63) is 47.7 Å². The van der Waals surface area contributed by atoms with E-state index in [1.807, 2.05) is 20.8 Å². The van der Waals surface area contributed by atoms with E-state index < -0.39 is 23.8 Å². The summed E-state index contributed by atoms with van der Waals surface area (Å²) in [6, 6.07) is 11.4. The first-order valence-electron chi connectivity index (χ1n) is 14.9. The summed E-state index contributed by atoms with van der Waals surface area (Å²) in [6.45, 7) is 6.92. The summed E-state index contributed by atoms with van der Waals surface area (Å²) >= 11 is 6.26. The van der Waals surface area contributed by atoms with Gasteiger partial charge in [0, 0.05) is 43.5 Å². The number of anilines is 3. The molecule has 2 fully saturated rings. The van der Waals surface area contributed by atoms with Gasteiger partial charge in [0.15, 0.2) is 5.75 Å².